The van der Waals surface area contributed by atoms with Crippen molar-refractivity contribution >= 4 is 33.8 Å². The summed E-state index contributed by atoms with van der Waals surface area (Å²) in [7, 11) is 0. The Labute approximate surface area is 103 Å². The number of hydrogen-bond donors (Lipinski definition) is 2. The van der Waals surface area contributed by atoms with E-state index in [0.29, 0.717) is 21.3 Å². The Morgan fingerprint density at radius 3 is 2.72 bits per heavy atom. The van der Waals surface area contributed by atoms with Gasteiger partial charge in [-0.1, -0.05) is 0 Å². The van der Waals surface area contributed by atoms with Crippen LogP contribution in [0.15, 0.2) is 9.59 Å². The van der Waals surface area contributed by atoms with Crippen LogP contribution >= 0.6 is 11.3 Å². The fraction of sp³-hybridized carbons (Fsp3) is 0.200. The minimum absolute atomic E-state index is 0.183. The largest absolute Gasteiger partial charge is 0.480 e. The Morgan fingerprint density at radius 2 is 2.17 bits per heavy atom. The second-order valence-electron chi connectivity index (χ2n) is 3.63. The van der Waals surface area contributed by atoms with E-state index < -0.39 is 23.8 Å². The Kier molecular flexibility index (Phi) is 2.87. The molecule has 0 fully saturated rings. The molecule has 0 amide bonds. The number of H-pyrrole nitrogens is 1. The molecule has 18 heavy (non-hydrogen) atoms. The molecule has 0 saturated carbocycles. The standard InChI is InChI=1S/C10H8N2O5S/c1-4-5(3-13)18-8-7(4)9(16)12(2-6(14)15)10(17)11-8/h3H,2H2,1H3,(H,11,17)(H,14,15). The van der Waals surface area contributed by atoms with Crippen molar-refractivity contribution in [1.82, 2.24) is 9.55 Å². The topological polar surface area (TPSA) is 109 Å². The molecule has 94 valence electrons. The fourth-order valence-electron chi connectivity index (χ4n) is 1.66. The lowest BCUT2D eigenvalue weighted by molar-refractivity contribution is -0.137. The molecule has 0 saturated heterocycles. The Bertz CT molecular complexity index is 767. The van der Waals surface area contributed by atoms with Crippen LogP contribution in [0.3, 0.4) is 0 Å². The number of nitrogens with one attached hydrogen (secondary N) is 1. The molecular formula is C10H8N2O5S. The highest BCUT2D eigenvalue weighted by molar-refractivity contribution is 7.20. The van der Waals surface area contributed by atoms with Crippen molar-refractivity contribution in [3.63, 3.8) is 0 Å². The van der Waals surface area contributed by atoms with E-state index in [4.69, 9.17) is 5.11 Å². The predicted molar refractivity (Wildman–Crippen MR) is 64.5 cm³/mol. The molecular weight excluding hydrogens is 260 g/mol. The van der Waals surface area contributed by atoms with Gasteiger partial charge >= 0.3 is 11.7 Å². The van der Waals surface area contributed by atoms with Gasteiger partial charge in [0.2, 0.25) is 0 Å². The van der Waals surface area contributed by atoms with E-state index in [0.717, 1.165) is 11.3 Å². The quantitative estimate of drug-likeness (QED) is 0.759. The Morgan fingerprint density at radius 1 is 1.50 bits per heavy atom. The van der Waals surface area contributed by atoms with Crippen molar-refractivity contribution in [2.75, 3.05) is 0 Å². The number of rotatable bonds is 3. The van der Waals surface area contributed by atoms with Crippen LogP contribution in [0.4, 0.5) is 0 Å². The molecule has 8 heteroatoms. The number of aldehydes is 1. The van der Waals surface area contributed by atoms with Gasteiger partial charge in [-0.3, -0.25) is 19.4 Å². The van der Waals surface area contributed by atoms with E-state index in [9.17, 15) is 19.2 Å². The Balaban J connectivity index is 2.88. The van der Waals surface area contributed by atoms with Crippen LogP contribution in [0.1, 0.15) is 15.2 Å². The highest BCUT2D eigenvalue weighted by Gasteiger charge is 2.16. The first-order valence-corrected chi connectivity index (χ1v) is 5.70. The van der Waals surface area contributed by atoms with Crippen LogP contribution in [0.25, 0.3) is 10.2 Å². The van der Waals surface area contributed by atoms with Crippen molar-refractivity contribution in [3.8, 4) is 0 Å². The lowest BCUT2D eigenvalue weighted by atomic mass is 10.2. The number of aromatic nitrogens is 2. The smallest absolute Gasteiger partial charge is 0.329 e. The van der Waals surface area contributed by atoms with E-state index in [2.05, 4.69) is 4.98 Å². The van der Waals surface area contributed by atoms with Gasteiger partial charge in [0.1, 0.15) is 11.4 Å². The molecule has 2 heterocycles. The van der Waals surface area contributed by atoms with E-state index in [1.54, 1.807) is 6.92 Å². The van der Waals surface area contributed by atoms with Crippen molar-refractivity contribution in [2.24, 2.45) is 0 Å². The predicted octanol–water partition coefficient (Wildman–Crippen LogP) is -0.0432. The minimum atomic E-state index is -1.29. The lowest BCUT2D eigenvalue weighted by Crippen LogP contribution is -2.37. The van der Waals surface area contributed by atoms with Gasteiger partial charge in [0.25, 0.3) is 5.56 Å². The summed E-state index contributed by atoms with van der Waals surface area (Å²) in [6, 6.07) is 0. The summed E-state index contributed by atoms with van der Waals surface area (Å²) in [6.45, 7) is 0.864. The SMILES string of the molecule is Cc1c(C=O)sc2[nH]c(=O)n(CC(=O)O)c(=O)c12. The third-order valence-electron chi connectivity index (χ3n) is 2.51. The third-order valence-corrected chi connectivity index (χ3v) is 3.64. The van der Waals surface area contributed by atoms with Gasteiger partial charge in [0, 0.05) is 0 Å². The number of fused-ring (bicyclic) bond motifs is 1. The van der Waals surface area contributed by atoms with Crippen molar-refractivity contribution < 1.29 is 14.7 Å². The molecule has 0 aliphatic heterocycles. The highest BCUT2D eigenvalue weighted by atomic mass is 32.1. The number of carboxylic acid groups (broad SMARTS) is 1. The fourth-order valence-corrected chi connectivity index (χ4v) is 2.66. The van der Waals surface area contributed by atoms with E-state index >= 15 is 0 Å². The molecule has 2 aromatic heterocycles. The minimum Gasteiger partial charge on any atom is -0.480 e. The van der Waals surface area contributed by atoms with Gasteiger partial charge in [-0.2, -0.15) is 0 Å². The summed E-state index contributed by atoms with van der Waals surface area (Å²) in [4.78, 5) is 48.0. The van der Waals surface area contributed by atoms with Crippen LogP contribution in [0.2, 0.25) is 0 Å². The van der Waals surface area contributed by atoms with Crippen molar-refractivity contribution in [3.05, 3.63) is 31.3 Å². The zero-order valence-corrected chi connectivity index (χ0v) is 10.0. The number of aryl methyl sites for hydroxylation is 1. The van der Waals surface area contributed by atoms with Crippen LogP contribution in [-0.2, 0) is 11.3 Å². The van der Waals surface area contributed by atoms with E-state index in [1.807, 2.05) is 0 Å². The number of aromatic amines is 1. The average molecular weight is 268 g/mol. The van der Waals surface area contributed by atoms with Crippen LogP contribution in [0.5, 0.6) is 0 Å². The van der Waals surface area contributed by atoms with E-state index in [-0.39, 0.29) is 10.2 Å². The monoisotopic (exact) mass is 268 g/mol. The van der Waals surface area contributed by atoms with Crippen molar-refractivity contribution in [1.29, 1.82) is 0 Å². The van der Waals surface area contributed by atoms with Crippen LogP contribution < -0.4 is 11.2 Å². The number of carboxylic acids is 1. The number of carbonyl (C=O) groups is 2. The average Bonchev–Trinajstić information content (AvgIpc) is 2.60. The molecule has 0 radical (unpaired) electrons. The second kappa shape index (κ2) is 4.22. The third kappa shape index (κ3) is 1.76. The molecule has 0 spiro atoms. The molecule has 0 unspecified atom stereocenters. The summed E-state index contributed by atoms with van der Waals surface area (Å²) < 4.78 is 0.596. The maximum absolute atomic E-state index is 12.0. The normalized spacial score (nSPS) is 10.7. The van der Waals surface area contributed by atoms with Gasteiger partial charge < -0.3 is 5.11 Å². The summed E-state index contributed by atoms with van der Waals surface area (Å²) in [5.74, 6) is -1.29. The molecule has 2 rings (SSSR count). The summed E-state index contributed by atoms with van der Waals surface area (Å²) in [5, 5.41) is 8.83. The number of nitrogens with zero attached hydrogens (tertiary/aromatic N) is 1. The summed E-state index contributed by atoms with van der Waals surface area (Å²) in [6.07, 6.45) is 0.597. The number of thiophene rings is 1. The highest BCUT2D eigenvalue weighted by Crippen LogP contribution is 2.24. The molecule has 0 bridgehead atoms. The Hall–Kier alpha value is -2.22. The molecule has 7 nitrogen and oxygen atoms in total. The summed E-state index contributed by atoms with van der Waals surface area (Å²) >= 11 is 0.995. The van der Waals surface area contributed by atoms with Gasteiger partial charge in [0.15, 0.2) is 6.29 Å². The number of aliphatic carboxylic acids is 1. The number of hydrogen-bond acceptors (Lipinski definition) is 5. The van der Waals surface area contributed by atoms with Crippen LogP contribution in [0, 0.1) is 6.92 Å². The van der Waals surface area contributed by atoms with Crippen molar-refractivity contribution in [2.45, 2.75) is 13.5 Å². The zero-order chi connectivity index (χ0) is 13.4. The van der Waals surface area contributed by atoms with Gasteiger partial charge in [-0.25, -0.2) is 9.36 Å². The first-order valence-electron chi connectivity index (χ1n) is 4.89. The van der Waals surface area contributed by atoms with Gasteiger partial charge in [0.05, 0.1) is 10.3 Å². The molecule has 0 atom stereocenters. The maximum Gasteiger partial charge on any atom is 0.329 e. The molecule has 0 aromatic carbocycles. The van der Waals surface area contributed by atoms with E-state index in [1.165, 1.54) is 0 Å². The van der Waals surface area contributed by atoms with Gasteiger partial charge in [-0.15, -0.1) is 11.3 Å². The first-order chi connectivity index (χ1) is 8.45. The molecule has 0 aliphatic carbocycles. The summed E-state index contributed by atoms with van der Waals surface area (Å²) in [5.41, 5.74) is -1.04. The zero-order valence-electron chi connectivity index (χ0n) is 9.22. The molecule has 2 N–H and O–H groups in total. The van der Waals surface area contributed by atoms with Crippen LogP contribution in [-0.4, -0.2) is 26.9 Å². The second-order valence-corrected chi connectivity index (χ2v) is 4.68. The maximum atomic E-state index is 12.0. The number of carbonyl (C=O) groups excluding carboxylic acids is 1. The molecule has 2 aromatic rings. The van der Waals surface area contributed by atoms with Gasteiger partial charge in [-0.05, 0) is 12.5 Å². The first kappa shape index (κ1) is 12.2. The lowest BCUT2D eigenvalue weighted by Gasteiger charge is -2.00. The molecule has 0 aliphatic rings.